The summed E-state index contributed by atoms with van der Waals surface area (Å²) in [6, 6.07) is 4.42. The van der Waals surface area contributed by atoms with Gasteiger partial charge in [-0.1, -0.05) is 0 Å². The normalized spacial score (nSPS) is 12.7. The van der Waals surface area contributed by atoms with Gasteiger partial charge in [-0.15, -0.1) is 0 Å². The molecule has 0 unspecified atom stereocenters. The molecule has 0 amide bonds. The van der Waals surface area contributed by atoms with Crippen LogP contribution in [0.1, 0.15) is 0 Å². The van der Waals surface area contributed by atoms with E-state index in [1.54, 1.807) is 4.72 Å². The van der Waals surface area contributed by atoms with Crippen molar-refractivity contribution in [2.24, 2.45) is 5.73 Å². The van der Waals surface area contributed by atoms with Gasteiger partial charge in [-0.2, -0.15) is 0 Å². The van der Waals surface area contributed by atoms with Gasteiger partial charge in [0.25, 0.3) is 12.3 Å². The maximum atomic E-state index is 12.9. The first-order valence-corrected chi connectivity index (χ1v) is 7.23. The largest absolute Gasteiger partial charge is 0.488 e. The summed E-state index contributed by atoms with van der Waals surface area (Å²) >= 11 is 0. The summed E-state index contributed by atoms with van der Waals surface area (Å²) in [7, 11) is -4.14. The Morgan fingerprint density at radius 1 is 1.24 bits per heavy atom. The number of ether oxygens (including phenoxy) is 1. The van der Waals surface area contributed by atoms with Gasteiger partial charge in [0.1, 0.15) is 12.4 Å². The third-order valence-corrected chi connectivity index (χ3v) is 3.75. The van der Waals surface area contributed by atoms with Gasteiger partial charge in [0.15, 0.2) is 0 Å². The first-order valence-electron chi connectivity index (χ1n) is 5.75. The molecule has 0 aromatic heterocycles. The Bertz CT molecular complexity index is 549. The van der Waals surface area contributed by atoms with Crippen molar-refractivity contribution in [2.45, 2.75) is 17.2 Å². The molecule has 0 heterocycles. The molecule has 0 saturated carbocycles. The van der Waals surface area contributed by atoms with Gasteiger partial charge >= 0.3 is 0 Å². The molecule has 0 saturated heterocycles. The first kappa shape index (κ1) is 17.7. The number of rotatable bonds is 8. The highest BCUT2D eigenvalue weighted by molar-refractivity contribution is 7.89. The summed E-state index contributed by atoms with van der Waals surface area (Å²) in [5.74, 6) is -3.31. The molecule has 0 aliphatic rings. The quantitative estimate of drug-likeness (QED) is 0.702. The van der Waals surface area contributed by atoms with E-state index < -0.39 is 42.1 Å². The van der Waals surface area contributed by atoms with Crippen molar-refractivity contribution in [1.82, 2.24) is 4.72 Å². The highest BCUT2D eigenvalue weighted by Crippen LogP contribution is 2.17. The maximum Gasteiger partial charge on any atom is 0.273 e. The van der Waals surface area contributed by atoms with Crippen molar-refractivity contribution < 1.29 is 30.7 Å². The third kappa shape index (κ3) is 5.86. The second-order valence-electron chi connectivity index (χ2n) is 4.06. The summed E-state index contributed by atoms with van der Waals surface area (Å²) in [4.78, 5) is -0.292. The Labute approximate surface area is 119 Å². The fourth-order valence-corrected chi connectivity index (χ4v) is 2.29. The van der Waals surface area contributed by atoms with E-state index in [-0.39, 0.29) is 10.6 Å². The van der Waals surface area contributed by atoms with Crippen LogP contribution >= 0.6 is 0 Å². The van der Waals surface area contributed by atoms with Crippen LogP contribution in [0.3, 0.4) is 0 Å². The second kappa shape index (κ2) is 7.05. The van der Waals surface area contributed by atoms with Crippen molar-refractivity contribution in [3.05, 3.63) is 24.3 Å². The molecular weight excluding hydrogens is 316 g/mol. The predicted molar refractivity (Wildman–Crippen MR) is 67.1 cm³/mol. The number of hydrogen-bond donors (Lipinski definition) is 2. The van der Waals surface area contributed by atoms with Gasteiger partial charge in [0.2, 0.25) is 10.0 Å². The fourth-order valence-electron chi connectivity index (χ4n) is 1.23. The van der Waals surface area contributed by atoms with Crippen LogP contribution in [0.2, 0.25) is 0 Å². The van der Waals surface area contributed by atoms with Gasteiger partial charge in [0, 0.05) is 0 Å². The lowest BCUT2D eigenvalue weighted by Crippen LogP contribution is -2.41. The van der Waals surface area contributed by atoms with E-state index in [0.29, 0.717) is 0 Å². The first-order chi connectivity index (χ1) is 9.66. The molecule has 3 N–H and O–H groups in total. The van der Waals surface area contributed by atoms with Crippen molar-refractivity contribution in [3.63, 3.8) is 0 Å². The zero-order chi connectivity index (χ0) is 16.1. The lowest BCUT2D eigenvalue weighted by molar-refractivity contribution is 0.0170. The standard InChI is InChI=1S/C11H14F4N2O3S/c12-10(13)5-20-8-1-3-9(4-2-8)21(18,19)17-7-11(14,15)6-16/h1-4,10,17H,5-7,16H2. The van der Waals surface area contributed by atoms with Crippen molar-refractivity contribution >= 4 is 10.0 Å². The van der Waals surface area contributed by atoms with Gasteiger partial charge in [-0.3, -0.25) is 0 Å². The molecule has 10 heteroatoms. The van der Waals surface area contributed by atoms with Gasteiger partial charge in [-0.25, -0.2) is 30.7 Å². The molecule has 120 valence electrons. The number of sulfonamides is 1. The smallest absolute Gasteiger partial charge is 0.273 e. The maximum absolute atomic E-state index is 12.9. The van der Waals surface area contributed by atoms with Gasteiger partial charge in [-0.05, 0) is 24.3 Å². The molecule has 0 bridgehead atoms. The van der Waals surface area contributed by atoms with Crippen LogP contribution in [0, 0.1) is 0 Å². The molecule has 1 aromatic rings. The second-order valence-corrected chi connectivity index (χ2v) is 5.83. The lowest BCUT2D eigenvalue weighted by atomic mass is 10.3. The van der Waals surface area contributed by atoms with E-state index in [9.17, 15) is 26.0 Å². The van der Waals surface area contributed by atoms with E-state index in [1.165, 1.54) is 0 Å². The Kier molecular flexibility index (Phi) is 5.93. The summed E-state index contributed by atoms with van der Waals surface area (Å²) < 4.78 is 79.5. The Morgan fingerprint density at radius 2 is 1.81 bits per heavy atom. The molecule has 0 aliphatic heterocycles. The minimum Gasteiger partial charge on any atom is -0.488 e. The van der Waals surface area contributed by atoms with E-state index >= 15 is 0 Å². The fraction of sp³-hybridized carbons (Fsp3) is 0.455. The van der Waals surface area contributed by atoms with Crippen LogP contribution in [0.4, 0.5) is 17.6 Å². The molecule has 0 atom stereocenters. The van der Waals surface area contributed by atoms with Gasteiger partial charge < -0.3 is 10.5 Å². The van der Waals surface area contributed by atoms with Crippen LogP contribution in [0.15, 0.2) is 29.2 Å². The highest BCUT2D eigenvalue weighted by atomic mass is 32.2. The Hall–Kier alpha value is -1.39. The zero-order valence-corrected chi connectivity index (χ0v) is 11.5. The number of alkyl halides is 4. The van der Waals surface area contributed by atoms with Crippen LogP contribution in [0.5, 0.6) is 5.75 Å². The predicted octanol–water partition coefficient (Wildman–Crippen LogP) is 1.20. The molecule has 1 rings (SSSR count). The van der Waals surface area contributed by atoms with Crippen LogP contribution < -0.4 is 15.2 Å². The van der Waals surface area contributed by atoms with Crippen molar-refractivity contribution in [1.29, 1.82) is 0 Å². The van der Waals surface area contributed by atoms with E-state index in [4.69, 9.17) is 5.73 Å². The van der Waals surface area contributed by atoms with E-state index in [2.05, 4.69) is 4.74 Å². The van der Waals surface area contributed by atoms with Crippen LogP contribution in [0.25, 0.3) is 0 Å². The minimum absolute atomic E-state index is 0.0431. The molecule has 0 fully saturated rings. The van der Waals surface area contributed by atoms with Crippen LogP contribution in [-0.4, -0.2) is 40.5 Å². The number of hydrogen-bond acceptors (Lipinski definition) is 4. The lowest BCUT2D eigenvalue weighted by Gasteiger charge is -2.15. The molecule has 5 nitrogen and oxygen atoms in total. The number of halogens is 4. The third-order valence-electron chi connectivity index (χ3n) is 2.33. The van der Waals surface area contributed by atoms with E-state index in [1.807, 2.05) is 0 Å². The topological polar surface area (TPSA) is 81.4 Å². The van der Waals surface area contributed by atoms with E-state index in [0.717, 1.165) is 24.3 Å². The number of benzene rings is 1. The van der Waals surface area contributed by atoms with Crippen LogP contribution in [-0.2, 0) is 10.0 Å². The van der Waals surface area contributed by atoms with Gasteiger partial charge in [0.05, 0.1) is 18.0 Å². The summed E-state index contributed by atoms with van der Waals surface area (Å²) in [6.45, 7) is -2.95. The minimum atomic E-state index is -4.14. The Morgan fingerprint density at radius 3 is 2.29 bits per heavy atom. The number of nitrogens with one attached hydrogen (secondary N) is 1. The Balaban J connectivity index is 2.71. The molecule has 0 aliphatic carbocycles. The highest BCUT2D eigenvalue weighted by Gasteiger charge is 2.29. The molecular formula is C11H14F4N2O3S. The van der Waals surface area contributed by atoms with Crippen molar-refractivity contribution in [3.8, 4) is 5.75 Å². The average Bonchev–Trinajstić information content (AvgIpc) is 2.44. The molecule has 1 aromatic carbocycles. The summed E-state index contributed by atoms with van der Waals surface area (Å²) in [5, 5.41) is 0. The monoisotopic (exact) mass is 330 g/mol. The SMILES string of the molecule is NCC(F)(F)CNS(=O)(=O)c1ccc(OCC(F)F)cc1. The molecule has 21 heavy (non-hydrogen) atoms. The average molecular weight is 330 g/mol. The summed E-state index contributed by atoms with van der Waals surface area (Å²) in [6.07, 6.45) is -2.66. The molecule has 0 spiro atoms. The number of nitrogens with two attached hydrogens (primary N) is 1. The van der Waals surface area contributed by atoms with Crippen molar-refractivity contribution in [2.75, 3.05) is 19.7 Å². The zero-order valence-electron chi connectivity index (χ0n) is 10.7. The molecule has 0 radical (unpaired) electrons. The summed E-state index contributed by atoms with van der Waals surface area (Å²) in [5.41, 5.74) is 4.79.